The number of hydrogen-bond donors (Lipinski definition) is 2. The lowest BCUT2D eigenvalue weighted by Crippen LogP contribution is -2.43. The molecule has 0 aromatic heterocycles. The van der Waals surface area contributed by atoms with E-state index in [0.717, 1.165) is 10.8 Å². The molecule has 1 heterocycles. The molecule has 4 rings (SSSR count). The van der Waals surface area contributed by atoms with E-state index in [4.69, 9.17) is 0 Å². The summed E-state index contributed by atoms with van der Waals surface area (Å²) in [6.45, 7) is 0.571. The molecule has 1 aliphatic rings. The van der Waals surface area contributed by atoms with E-state index in [-0.39, 0.29) is 28.6 Å². The van der Waals surface area contributed by atoms with Crippen LogP contribution in [0.4, 0.5) is 0 Å². The highest BCUT2D eigenvalue weighted by Crippen LogP contribution is 2.30. The Kier molecular flexibility index (Phi) is 5.63. The summed E-state index contributed by atoms with van der Waals surface area (Å²) in [5.41, 5.74) is 0.553. The van der Waals surface area contributed by atoms with Crippen LogP contribution in [0.25, 0.3) is 10.8 Å². The molecule has 3 aromatic rings. The second-order valence-electron chi connectivity index (χ2n) is 7.20. The van der Waals surface area contributed by atoms with Gasteiger partial charge in [-0.2, -0.15) is 16.9 Å². The first-order valence-electron chi connectivity index (χ1n) is 9.47. The summed E-state index contributed by atoms with van der Waals surface area (Å²) in [6.07, 6.45) is 0.588. The highest BCUT2D eigenvalue weighted by Gasteiger charge is 2.39. The number of thiol groups is 1. The molecule has 1 saturated heterocycles. The van der Waals surface area contributed by atoms with Gasteiger partial charge in [0.05, 0.1) is 4.90 Å². The average Bonchev–Trinajstić information content (AvgIpc) is 3.13. The van der Waals surface area contributed by atoms with E-state index in [9.17, 15) is 13.2 Å². The van der Waals surface area contributed by atoms with Crippen molar-refractivity contribution in [3.05, 3.63) is 78.4 Å². The van der Waals surface area contributed by atoms with Crippen molar-refractivity contribution in [1.29, 1.82) is 0 Å². The van der Waals surface area contributed by atoms with Crippen LogP contribution in [0.1, 0.15) is 16.8 Å². The van der Waals surface area contributed by atoms with Gasteiger partial charge in [0.2, 0.25) is 10.0 Å². The third-order valence-corrected chi connectivity index (χ3v) is 7.49. The van der Waals surface area contributed by atoms with Crippen molar-refractivity contribution in [2.45, 2.75) is 22.6 Å². The lowest BCUT2D eigenvalue weighted by atomic mass is 10.1. The molecule has 1 aliphatic heterocycles. The second-order valence-corrected chi connectivity index (χ2v) is 9.82. The third-order valence-electron chi connectivity index (χ3n) is 5.20. The quantitative estimate of drug-likeness (QED) is 0.615. The van der Waals surface area contributed by atoms with Crippen LogP contribution in [0.15, 0.2) is 77.7 Å². The van der Waals surface area contributed by atoms with Gasteiger partial charge >= 0.3 is 0 Å². The molecule has 0 aliphatic carbocycles. The number of nitrogens with one attached hydrogen (secondary N) is 1. The van der Waals surface area contributed by atoms with E-state index in [1.165, 1.54) is 4.31 Å². The summed E-state index contributed by atoms with van der Waals surface area (Å²) in [5.74, 6) is -0.212. The molecule has 2 atom stereocenters. The molecule has 7 heteroatoms. The fourth-order valence-corrected chi connectivity index (χ4v) is 5.95. The Balaban J connectivity index is 1.55. The van der Waals surface area contributed by atoms with Crippen molar-refractivity contribution in [3.63, 3.8) is 0 Å². The number of sulfonamides is 1. The van der Waals surface area contributed by atoms with Crippen LogP contribution < -0.4 is 5.32 Å². The van der Waals surface area contributed by atoms with Gasteiger partial charge in [0.25, 0.3) is 5.91 Å². The molecule has 1 amide bonds. The Morgan fingerprint density at radius 1 is 1.00 bits per heavy atom. The van der Waals surface area contributed by atoms with Crippen molar-refractivity contribution < 1.29 is 13.2 Å². The van der Waals surface area contributed by atoms with Crippen molar-refractivity contribution in [2.24, 2.45) is 0 Å². The Hall–Kier alpha value is -2.35. The highest BCUT2D eigenvalue weighted by atomic mass is 32.2. The predicted octanol–water partition coefficient (Wildman–Crippen LogP) is 3.33. The van der Waals surface area contributed by atoms with E-state index >= 15 is 0 Å². The summed E-state index contributed by atoms with van der Waals surface area (Å²) >= 11 is 4.51. The Bertz CT molecular complexity index is 1130. The van der Waals surface area contributed by atoms with Gasteiger partial charge in [-0.15, -0.1) is 0 Å². The summed E-state index contributed by atoms with van der Waals surface area (Å²) in [7, 11) is -3.69. The van der Waals surface area contributed by atoms with Crippen LogP contribution >= 0.6 is 12.6 Å². The smallest absolute Gasteiger partial charge is 0.251 e. The molecule has 3 aromatic carbocycles. The molecule has 5 nitrogen and oxygen atoms in total. The maximum Gasteiger partial charge on any atom is 0.251 e. The summed E-state index contributed by atoms with van der Waals surface area (Å²) in [5, 5.41) is 4.67. The lowest BCUT2D eigenvalue weighted by molar-refractivity contribution is 0.0946. The number of amides is 1. The molecule has 0 spiro atoms. The minimum Gasteiger partial charge on any atom is -0.350 e. The lowest BCUT2D eigenvalue weighted by Gasteiger charge is -2.24. The minimum atomic E-state index is -3.69. The van der Waals surface area contributed by atoms with E-state index in [1.807, 2.05) is 36.4 Å². The largest absolute Gasteiger partial charge is 0.350 e. The number of fused-ring (bicyclic) bond motifs is 1. The van der Waals surface area contributed by atoms with Crippen LogP contribution in [-0.2, 0) is 10.0 Å². The first kappa shape index (κ1) is 19.9. The van der Waals surface area contributed by atoms with Gasteiger partial charge in [0, 0.05) is 29.9 Å². The topological polar surface area (TPSA) is 66.5 Å². The maximum absolute atomic E-state index is 13.3. The van der Waals surface area contributed by atoms with Crippen LogP contribution in [0.5, 0.6) is 0 Å². The van der Waals surface area contributed by atoms with Crippen LogP contribution in [0.3, 0.4) is 0 Å². The van der Waals surface area contributed by atoms with Crippen molar-refractivity contribution in [3.8, 4) is 0 Å². The zero-order valence-corrected chi connectivity index (χ0v) is 17.4. The van der Waals surface area contributed by atoms with Gasteiger partial charge in [-0.3, -0.25) is 4.79 Å². The molecule has 0 saturated carbocycles. The van der Waals surface area contributed by atoms with Gasteiger partial charge in [-0.1, -0.05) is 48.5 Å². The molecule has 1 N–H and O–H groups in total. The van der Waals surface area contributed by atoms with Gasteiger partial charge in [-0.25, -0.2) is 8.42 Å². The molecular weight excluding hydrogens is 404 g/mol. The fraction of sp³-hybridized carbons (Fsp3) is 0.227. The molecule has 150 valence electrons. The average molecular weight is 427 g/mol. The number of carbonyl (C=O) groups excluding carboxylic acids is 1. The molecule has 0 bridgehead atoms. The monoisotopic (exact) mass is 426 g/mol. The third kappa shape index (κ3) is 4.17. The predicted molar refractivity (Wildman–Crippen MR) is 118 cm³/mol. The van der Waals surface area contributed by atoms with Crippen LogP contribution in [0, 0.1) is 0 Å². The summed E-state index contributed by atoms with van der Waals surface area (Å²) < 4.78 is 28.1. The zero-order valence-electron chi connectivity index (χ0n) is 15.7. The molecule has 29 heavy (non-hydrogen) atoms. The van der Waals surface area contributed by atoms with Gasteiger partial charge in [-0.05, 0) is 41.5 Å². The standard InChI is InChI=1S/C22H22N2O3S2/c25-22(17-7-2-1-3-8-17)23-14-19-13-20(28)15-24(19)29(26,27)21-11-10-16-6-4-5-9-18(16)12-21/h1-12,19-20,28H,13-15H2,(H,23,25)/t19-,20+/m0/s1. The SMILES string of the molecule is O=C(NC[C@@H]1C[C@@H](S)CN1S(=O)(=O)c1ccc2ccccc2c1)c1ccccc1. The van der Waals surface area contributed by atoms with Crippen LogP contribution in [0.2, 0.25) is 0 Å². The minimum absolute atomic E-state index is 0.0659. The highest BCUT2D eigenvalue weighted by molar-refractivity contribution is 7.89. The first-order chi connectivity index (χ1) is 13.9. The van der Waals surface area contributed by atoms with Gasteiger partial charge < -0.3 is 5.32 Å². The Morgan fingerprint density at radius 2 is 1.69 bits per heavy atom. The number of carbonyl (C=O) groups is 1. The maximum atomic E-state index is 13.3. The number of rotatable bonds is 5. The van der Waals surface area contributed by atoms with Crippen LogP contribution in [-0.4, -0.2) is 43.0 Å². The van der Waals surface area contributed by atoms with Gasteiger partial charge in [0.15, 0.2) is 0 Å². The number of benzene rings is 3. The summed E-state index contributed by atoms with van der Waals surface area (Å²) in [4.78, 5) is 12.6. The Morgan fingerprint density at radius 3 is 2.45 bits per heavy atom. The molecule has 1 fully saturated rings. The summed E-state index contributed by atoms with van der Waals surface area (Å²) in [6, 6.07) is 21.4. The fourth-order valence-electron chi connectivity index (χ4n) is 3.71. The first-order valence-corrected chi connectivity index (χ1v) is 11.4. The Labute approximate surface area is 176 Å². The van der Waals surface area contributed by atoms with E-state index < -0.39 is 10.0 Å². The van der Waals surface area contributed by atoms with E-state index in [0.29, 0.717) is 18.5 Å². The molecule has 0 unspecified atom stereocenters. The van der Waals surface area contributed by atoms with Crippen molar-refractivity contribution in [1.82, 2.24) is 9.62 Å². The number of hydrogen-bond acceptors (Lipinski definition) is 4. The van der Waals surface area contributed by atoms with Crippen molar-refractivity contribution >= 4 is 39.3 Å². The normalized spacial score (nSPS) is 20.0. The second kappa shape index (κ2) is 8.18. The zero-order chi connectivity index (χ0) is 20.4. The van der Waals surface area contributed by atoms with E-state index in [2.05, 4.69) is 17.9 Å². The van der Waals surface area contributed by atoms with Crippen molar-refractivity contribution in [2.75, 3.05) is 13.1 Å². The molecule has 0 radical (unpaired) electrons. The number of nitrogens with zero attached hydrogens (tertiary/aromatic N) is 1. The molecular formula is C22H22N2O3S2. The van der Waals surface area contributed by atoms with E-state index in [1.54, 1.807) is 36.4 Å². The van der Waals surface area contributed by atoms with Gasteiger partial charge in [0.1, 0.15) is 0 Å².